The number of nitrogens with one attached hydrogen (secondary N) is 1. The lowest BCUT2D eigenvalue weighted by Gasteiger charge is -2.12. The normalized spacial score (nSPS) is 11.6. The Balaban J connectivity index is 2.57. The predicted molar refractivity (Wildman–Crippen MR) is 78.2 cm³/mol. The van der Waals surface area contributed by atoms with Gasteiger partial charge in [-0.3, -0.25) is 0 Å². The van der Waals surface area contributed by atoms with Crippen molar-refractivity contribution < 1.29 is 9.94 Å². The van der Waals surface area contributed by atoms with Crippen molar-refractivity contribution in [1.29, 1.82) is 0 Å². The van der Waals surface area contributed by atoms with Crippen molar-refractivity contribution in [3.05, 3.63) is 42.5 Å². The number of ether oxygens (including phenoxy) is 1. The van der Waals surface area contributed by atoms with Crippen LogP contribution in [0.15, 0.2) is 42.1 Å². The third-order valence-corrected chi connectivity index (χ3v) is 2.59. The molecule has 2 N–H and O–H groups in total. The summed E-state index contributed by atoms with van der Waals surface area (Å²) in [6.45, 7) is 8.58. The van der Waals surface area contributed by atoms with Crippen LogP contribution in [0, 0.1) is 0 Å². The standard InChI is InChI=1S/C15H22N2O2/c1-4-7-13-8-5-6-9-15(13)19-11-14(17-18)10-16-12(2)3/h4-6,8-9,12,16,18H,1,7,10-11H2,2-3H3. The average molecular weight is 262 g/mol. The molecule has 0 aliphatic heterocycles. The van der Waals surface area contributed by atoms with Gasteiger partial charge in [-0.25, -0.2) is 0 Å². The first-order chi connectivity index (χ1) is 9.17. The molecule has 0 unspecified atom stereocenters. The van der Waals surface area contributed by atoms with Crippen LogP contribution < -0.4 is 10.1 Å². The summed E-state index contributed by atoms with van der Waals surface area (Å²) in [5.74, 6) is 0.799. The van der Waals surface area contributed by atoms with Crippen LogP contribution in [0.5, 0.6) is 5.75 Å². The molecule has 1 aromatic carbocycles. The number of benzene rings is 1. The van der Waals surface area contributed by atoms with Crippen LogP contribution in [0.4, 0.5) is 0 Å². The fourth-order valence-electron chi connectivity index (χ4n) is 1.57. The molecule has 0 bridgehead atoms. The van der Waals surface area contributed by atoms with Gasteiger partial charge in [-0.1, -0.05) is 43.3 Å². The summed E-state index contributed by atoms with van der Waals surface area (Å²) in [5, 5.41) is 15.4. The van der Waals surface area contributed by atoms with Crippen molar-refractivity contribution in [2.24, 2.45) is 5.16 Å². The molecular formula is C15H22N2O2. The van der Waals surface area contributed by atoms with Gasteiger partial charge in [0, 0.05) is 12.6 Å². The Morgan fingerprint density at radius 2 is 2.21 bits per heavy atom. The maximum atomic E-state index is 8.94. The zero-order valence-electron chi connectivity index (χ0n) is 11.6. The van der Waals surface area contributed by atoms with Crippen LogP contribution in [0.3, 0.4) is 0 Å². The molecule has 4 nitrogen and oxygen atoms in total. The number of para-hydroxylation sites is 1. The molecule has 4 heteroatoms. The molecule has 0 aliphatic rings. The summed E-state index contributed by atoms with van der Waals surface area (Å²) in [7, 11) is 0. The summed E-state index contributed by atoms with van der Waals surface area (Å²) in [6.07, 6.45) is 2.59. The van der Waals surface area contributed by atoms with Crippen molar-refractivity contribution in [3.8, 4) is 5.75 Å². The first kappa shape index (κ1) is 15.2. The van der Waals surface area contributed by atoms with Gasteiger partial charge in [-0.2, -0.15) is 0 Å². The largest absolute Gasteiger partial charge is 0.487 e. The lowest BCUT2D eigenvalue weighted by molar-refractivity contribution is 0.304. The van der Waals surface area contributed by atoms with E-state index in [0.717, 1.165) is 17.7 Å². The molecule has 0 saturated heterocycles. The average Bonchev–Trinajstić information content (AvgIpc) is 2.40. The summed E-state index contributed by atoms with van der Waals surface area (Å²) in [5.41, 5.74) is 1.65. The van der Waals surface area contributed by atoms with Gasteiger partial charge in [0.2, 0.25) is 0 Å². The van der Waals surface area contributed by atoms with Crippen LogP contribution in [0.1, 0.15) is 19.4 Å². The second kappa shape index (κ2) is 8.32. The number of hydrogen-bond donors (Lipinski definition) is 2. The van der Waals surface area contributed by atoms with Gasteiger partial charge in [-0.05, 0) is 18.1 Å². The van der Waals surface area contributed by atoms with Crippen molar-refractivity contribution in [3.63, 3.8) is 0 Å². The second-order valence-corrected chi connectivity index (χ2v) is 4.59. The molecule has 0 atom stereocenters. The quantitative estimate of drug-likeness (QED) is 0.328. The van der Waals surface area contributed by atoms with Gasteiger partial charge < -0.3 is 15.3 Å². The number of hydrogen-bond acceptors (Lipinski definition) is 4. The summed E-state index contributed by atoms with van der Waals surface area (Å²) in [4.78, 5) is 0. The van der Waals surface area contributed by atoms with E-state index in [2.05, 4.69) is 17.1 Å². The maximum absolute atomic E-state index is 8.94. The molecule has 0 spiro atoms. The smallest absolute Gasteiger partial charge is 0.131 e. The Labute approximate surface area is 114 Å². The first-order valence-corrected chi connectivity index (χ1v) is 6.42. The van der Waals surface area contributed by atoms with Crippen molar-refractivity contribution >= 4 is 5.71 Å². The highest BCUT2D eigenvalue weighted by Gasteiger charge is 2.06. The van der Waals surface area contributed by atoms with E-state index in [4.69, 9.17) is 9.94 Å². The topological polar surface area (TPSA) is 53.8 Å². The van der Waals surface area contributed by atoms with E-state index in [1.807, 2.05) is 44.2 Å². The highest BCUT2D eigenvalue weighted by atomic mass is 16.5. The van der Waals surface area contributed by atoms with Gasteiger partial charge in [0.05, 0.1) is 0 Å². The van der Waals surface area contributed by atoms with Crippen molar-refractivity contribution in [1.82, 2.24) is 5.32 Å². The highest BCUT2D eigenvalue weighted by Crippen LogP contribution is 2.18. The molecule has 0 aliphatic carbocycles. The van der Waals surface area contributed by atoms with Crippen LogP contribution in [0.25, 0.3) is 0 Å². The maximum Gasteiger partial charge on any atom is 0.131 e. The Kier molecular flexibility index (Phi) is 6.68. The van der Waals surface area contributed by atoms with E-state index < -0.39 is 0 Å². The van der Waals surface area contributed by atoms with Gasteiger partial charge in [-0.15, -0.1) is 6.58 Å². The molecule has 0 aromatic heterocycles. The summed E-state index contributed by atoms with van der Waals surface area (Å²) in [6, 6.07) is 8.13. The van der Waals surface area contributed by atoms with Crippen LogP contribution in [-0.4, -0.2) is 30.1 Å². The minimum absolute atomic E-state index is 0.268. The molecule has 1 rings (SSSR count). The monoisotopic (exact) mass is 262 g/mol. The lowest BCUT2D eigenvalue weighted by atomic mass is 10.1. The molecule has 19 heavy (non-hydrogen) atoms. The van der Waals surface area contributed by atoms with Crippen molar-refractivity contribution in [2.45, 2.75) is 26.3 Å². The predicted octanol–water partition coefficient (Wildman–Crippen LogP) is 2.62. The first-order valence-electron chi connectivity index (χ1n) is 6.42. The molecule has 0 heterocycles. The minimum atomic E-state index is 0.268. The number of allylic oxidation sites excluding steroid dienone is 1. The van der Waals surface area contributed by atoms with E-state index >= 15 is 0 Å². The zero-order valence-corrected chi connectivity index (χ0v) is 11.6. The molecule has 104 valence electrons. The van der Waals surface area contributed by atoms with Gasteiger partial charge >= 0.3 is 0 Å². The van der Waals surface area contributed by atoms with Gasteiger partial charge in [0.15, 0.2) is 0 Å². The Morgan fingerprint density at radius 3 is 2.84 bits per heavy atom. The van der Waals surface area contributed by atoms with Gasteiger partial charge in [0.1, 0.15) is 18.1 Å². The zero-order chi connectivity index (χ0) is 14.1. The van der Waals surface area contributed by atoms with Crippen LogP contribution in [-0.2, 0) is 6.42 Å². The summed E-state index contributed by atoms with van der Waals surface area (Å²) >= 11 is 0. The fourth-order valence-corrected chi connectivity index (χ4v) is 1.57. The Hall–Kier alpha value is -1.81. The number of rotatable bonds is 8. The Morgan fingerprint density at radius 1 is 1.47 bits per heavy atom. The Bertz CT molecular complexity index is 428. The van der Waals surface area contributed by atoms with Gasteiger partial charge in [0.25, 0.3) is 0 Å². The molecule has 0 radical (unpaired) electrons. The van der Waals surface area contributed by atoms with E-state index in [-0.39, 0.29) is 6.61 Å². The van der Waals surface area contributed by atoms with Crippen molar-refractivity contribution in [2.75, 3.05) is 13.2 Å². The summed E-state index contributed by atoms with van der Waals surface area (Å²) < 4.78 is 5.70. The van der Waals surface area contributed by atoms with Crippen LogP contribution >= 0.6 is 0 Å². The third kappa shape index (κ3) is 5.57. The third-order valence-electron chi connectivity index (χ3n) is 2.59. The van der Waals surface area contributed by atoms with Crippen LogP contribution in [0.2, 0.25) is 0 Å². The minimum Gasteiger partial charge on any atom is -0.487 e. The molecule has 0 fully saturated rings. The number of nitrogens with zero attached hydrogens (tertiary/aromatic N) is 1. The van der Waals surface area contributed by atoms with E-state index in [9.17, 15) is 0 Å². The number of oxime groups is 1. The molecule has 0 saturated carbocycles. The molecular weight excluding hydrogens is 240 g/mol. The van der Waals surface area contributed by atoms with E-state index in [1.165, 1.54) is 0 Å². The van der Waals surface area contributed by atoms with E-state index in [0.29, 0.717) is 18.3 Å². The van der Waals surface area contributed by atoms with E-state index in [1.54, 1.807) is 0 Å². The molecule has 1 aromatic rings. The highest BCUT2D eigenvalue weighted by molar-refractivity contribution is 5.87. The second-order valence-electron chi connectivity index (χ2n) is 4.59. The SMILES string of the molecule is C=CCc1ccccc1OCC(CNC(C)C)=NO. The fraction of sp³-hybridized carbons (Fsp3) is 0.400. The lowest BCUT2D eigenvalue weighted by Crippen LogP contribution is -2.32. The molecule has 0 amide bonds.